The first kappa shape index (κ1) is 18.0. The van der Waals surface area contributed by atoms with E-state index in [1.165, 1.54) is 5.56 Å². The SMILES string of the molecule is CC(C)(C)C(=O)N1CCC(N[C@H](CCO)c2ccccc2)CC1. The summed E-state index contributed by atoms with van der Waals surface area (Å²) in [5.41, 5.74) is 0.916. The molecule has 0 bridgehead atoms. The monoisotopic (exact) mass is 318 g/mol. The number of hydrogen-bond acceptors (Lipinski definition) is 3. The molecule has 1 fully saturated rings. The Bertz CT molecular complexity index is 488. The maximum atomic E-state index is 12.3. The Hall–Kier alpha value is -1.39. The van der Waals surface area contributed by atoms with E-state index in [9.17, 15) is 9.90 Å². The molecule has 2 N–H and O–H groups in total. The standard InChI is InChI=1S/C19H30N2O2/c1-19(2,3)18(23)21-12-9-16(10-13-21)20-17(11-14-22)15-7-5-4-6-8-15/h4-8,16-17,20,22H,9-14H2,1-3H3/t17-/m1/s1. The lowest BCUT2D eigenvalue weighted by Gasteiger charge is -2.37. The quantitative estimate of drug-likeness (QED) is 0.878. The van der Waals surface area contributed by atoms with Gasteiger partial charge < -0.3 is 15.3 Å². The number of piperidine rings is 1. The summed E-state index contributed by atoms with van der Waals surface area (Å²) in [4.78, 5) is 14.3. The lowest BCUT2D eigenvalue weighted by molar-refractivity contribution is -0.140. The number of hydrogen-bond donors (Lipinski definition) is 2. The molecule has 4 nitrogen and oxygen atoms in total. The first-order chi connectivity index (χ1) is 10.9. The minimum absolute atomic E-state index is 0.175. The highest BCUT2D eigenvalue weighted by Gasteiger charge is 2.30. The molecule has 0 radical (unpaired) electrons. The van der Waals surface area contributed by atoms with Crippen molar-refractivity contribution in [1.29, 1.82) is 0 Å². The molecule has 23 heavy (non-hydrogen) atoms. The van der Waals surface area contributed by atoms with Gasteiger partial charge in [-0.3, -0.25) is 4.79 Å². The molecule has 0 saturated carbocycles. The number of amides is 1. The third-order valence-corrected chi connectivity index (χ3v) is 4.48. The van der Waals surface area contributed by atoms with Crippen molar-refractivity contribution in [1.82, 2.24) is 10.2 Å². The Morgan fingerprint density at radius 1 is 1.26 bits per heavy atom. The van der Waals surface area contributed by atoms with Crippen molar-refractivity contribution in [3.63, 3.8) is 0 Å². The van der Waals surface area contributed by atoms with Gasteiger partial charge in [0.15, 0.2) is 0 Å². The van der Waals surface area contributed by atoms with Crippen LogP contribution in [0.15, 0.2) is 30.3 Å². The van der Waals surface area contributed by atoms with Gasteiger partial charge in [0.2, 0.25) is 5.91 Å². The molecule has 0 spiro atoms. The number of likely N-dealkylation sites (tertiary alicyclic amines) is 1. The Morgan fingerprint density at radius 3 is 2.39 bits per heavy atom. The van der Waals surface area contributed by atoms with Crippen LogP contribution in [0.25, 0.3) is 0 Å². The van der Waals surface area contributed by atoms with E-state index in [0.717, 1.165) is 25.9 Å². The van der Waals surface area contributed by atoms with E-state index in [1.54, 1.807) is 0 Å². The number of nitrogens with one attached hydrogen (secondary N) is 1. The summed E-state index contributed by atoms with van der Waals surface area (Å²) in [6, 6.07) is 10.9. The minimum atomic E-state index is -0.302. The van der Waals surface area contributed by atoms with E-state index in [4.69, 9.17) is 0 Å². The Balaban J connectivity index is 1.90. The molecule has 0 aromatic heterocycles. The lowest BCUT2D eigenvalue weighted by Crippen LogP contribution is -2.48. The van der Waals surface area contributed by atoms with Crippen molar-refractivity contribution in [2.45, 2.75) is 52.1 Å². The van der Waals surface area contributed by atoms with Crippen LogP contribution in [0.2, 0.25) is 0 Å². The minimum Gasteiger partial charge on any atom is -0.396 e. The van der Waals surface area contributed by atoms with Crippen LogP contribution in [0.5, 0.6) is 0 Å². The van der Waals surface area contributed by atoms with Crippen LogP contribution in [0.3, 0.4) is 0 Å². The second kappa shape index (κ2) is 7.93. The predicted molar refractivity (Wildman–Crippen MR) is 93.1 cm³/mol. The fourth-order valence-corrected chi connectivity index (χ4v) is 3.17. The van der Waals surface area contributed by atoms with Gasteiger partial charge in [0.1, 0.15) is 0 Å². The van der Waals surface area contributed by atoms with Crippen LogP contribution in [0.4, 0.5) is 0 Å². The number of rotatable bonds is 5. The van der Waals surface area contributed by atoms with Crippen molar-refractivity contribution in [2.75, 3.05) is 19.7 Å². The average molecular weight is 318 g/mol. The van der Waals surface area contributed by atoms with Gasteiger partial charge in [0, 0.05) is 37.2 Å². The molecule has 128 valence electrons. The summed E-state index contributed by atoms with van der Waals surface area (Å²) in [6.07, 6.45) is 2.65. The fourth-order valence-electron chi connectivity index (χ4n) is 3.17. The molecule has 0 aliphatic carbocycles. The first-order valence-corrected chi connectivity index (χ1v) is 8.63. The molecule has 1 saturated heterocycles. The predicted octanol–water partition coefficient (Wildman–Crippen LogP) is 2.74. The molecule has 1 aliphatic heterocycles. The summed E-state index contributed by atoms with van der Waals surface area (Å²) < 4.78 is 0. The van der Waals surface area contributed by atoms with E-state index < -0.39 is 0 Å². The van der Waals surface area contributed by atoms with Gasteiger partial charge in [0.05, 0.1) is 0 Å². The number of nitrogens with zero attached hydrogens (tertiary/aromatic N) is 1. The highest BCUT2D eigenvalue weighted by molar-refractivity contribution is 5.81. The Morgan fingerprint density at radius 2 is 1.87 bits per heavy atom. The van der Waals surface area contributed by atoms with Crippen molar-refractivity contribution in [3.05, 3.63) is 35.9 Å². The Labute approximate surface area is 139 Å². The number of carbonyl (C=O) groups is 1. The van der Waals surface area contributed by atoms with Crippen LogP contribution >= 0.6 is 0 Å². The van der Waals surface area contributed by atoms with Crippen molar-refractivity contribution in [2.24, 2.45) is 5.41 Å². The molecule has 4 heteroatoms. The highest BCUT2D eigenvalue weighted by atomic mass is 16.3. The molecule has 1 aliphatic rings. The number of carbonyl (C=O) groups excluding carboxylic acids is 1. The highest BCUT2D eigenvalue weighted by Crippen LogP contribution is 2.23. The van der Waals surface area contributed by atoms with E-state index in [-0.39, 0.29) is 24.0 Å². The molecule has 0 unspecified atom stereocenters. The fraction of sp³-hybridized carbons (Fsp3) is 0.632. The molecule has 1 aromatic rings. The van der Waals surface area contributed by atoms with Gasteiger partial charge in [0.25, 0.3) is 0 Å². The van der Waals surface area contributed by atoms with Gasteiger partial charge in [-0.2, -0.15) is 0 Å². The summed E-state index contributed by atoms with van der Waals surface area (Å²) >= 11 is 0. The first-order valence-electron chi connectivity index (χ1n) is 8.63. The lowest BCUT2D eigenvalue weighted by atomic mass is 9.92. The van der Waals surface area contributed by atoms with E-state index >= 15 is 0 Å². The van der Waals surface area contributed by atoms with Crippen LogP contribution in [0, 0.1) is 5.41 Å². The van der Waals surface area contributed by atoms with Crippen LogP contribution in [-0.4, -0.2) is 41.7 Å². The summed E-state index contributed by atoms with van der Waals surface area (Å²) in [7, 11) is 0. The summed E-state index contributed by atoms with van der Waals surface area (Å²) in [5, 5.41) is 13.0. The van der Waals surface area contributed by atoms with Gasteiger partial charge >= 0.3 is 0 Å². The van der Waals surface area contributed by atoms with E-state index in [0.29, 0.717) is 12.5 Å². The number of aliphatic hydroxyl groups is 1. The second-order valence-corrected chi connectivity index (χ2v) is 7.46. The van der Waals surface area contributed by atoms with Crippen molar-refractivity contribution in [3.8, 4) is 0 Å². The van der Waals surface area contributed by atoms with Gasteiger partial charge in [-0.15, -0.1) is 0 Å². The van der Waals surface area contributed by atoms with Crippen LogP contribution in [-0.2, 0) is 4.79 Å². The topological polar surface area (TPSA) is 52.6 Å². The van der Waals surface area contributed by atoms with Crippen molar-refractivity contribution < 1.29 is 9.90 Å². The molecular formula is C19H30N2O2. The molecule has 2 rings (SSSR count). The maximum Gasteiger partial charge on any atom is 0.227 e. The van der Waals surface area contributed by atoms with Gasteiger partial charge in [-0.05, 0) is 24.8 Å². The zero-order chi connectivity index (χ0) is 16.9. The van der Waals surface area contributed by atoms with E-state index in [2.05, 4.69) is 17.4 Å². The second-order valence-electron chi connectivity index (χ2n) is 7.46. The summed E-state index contributed by atoms with van der Waals surface area (Å²) in [6.45, 7) is 7.74. The molecular weight excluding hydrogens is 288 g/mol. The Kier molecular flexibility index (Phi) is 6.19. The number of aliphatic hydroxyl groups excluding tert-OH is 1. The van der Waals surface area contributed by atoms with Gasteiger partial charge in [-0.1, -0.05) is 51.1 Å². The smallest absolute Gasteiger partial charge is 0.227 e. The van der Waals surface area contributed by atoms with Crippen molar-refractivity contribution >= 4 is 5.91 Å². The van der Waals surface area contributed by atoms with Gasteiger partial charge in [-0.25, -0.2) is 0 Å². The van der Waals surface area contributed by atoms with Crippen LogP contribution < -0.4 is 5.32 Å². The molecule has 1 heterocycles. The van der Waals surface area contributed by atoms with Crippen LogP contribution in [0.1, 0.15) is 51.6 Å². The molecule has 1 aromatic carbocycles. The largest absolute Gasteiger partial charge is 0.396 e. The molecule has 1 atom stereocenters. The average Bonchev–Trinajstić information content (AvgIpc) is 2.54. The van der Waals surface area contributed by atoms with E-state index in [1.807, 2.05) is 43.9 Å². The molecule has 1 amide bonds. The third kappa shape index (κ3) is 5.05. The zero-order valence-electron chi connectivity index (χ0n) is 14.6. The third-order valence-electron chi connectivity index (χ3n) is 4.48. The number of benzene rings is 1. The normalized spacial score (nSPS) is 18.0. The maximum absolute atomic E-state index is 12.3. The zero-order valence-corrected chi connectivity index (χ0v) is 14.6. The summed E-state index contributed by atoms with van der Waals surface area (Å²) in [5.74, 6) is 0.242.